The number of nitrogens with zero attached hydrogens (tertiary/aromatic N) is 1. The van der Waals surface area contributed by atoms with Gasteiger partial charge in [0.15, 0.2) is 5.15 Å². The van der Waals surface area contributed by atoms with Crippen LogP contribution in [0.15, 0.2) is 4.79 Å². The number of aromatic amines is 1. The summed E-state index contributed by atoms with van der Waals surface area (Å²) >= 11 is 5.74. The van der Waals surface area contributed by atoms with Crippen molar-refractivity contribution < 1.29 is 9.53 Å². The standard InChI is InChI=1S/C9H11ClN2O3/c1-4(2)5-6(9(14)15-3)7(10)11-12-8(5)13/h4H,1-3H3,(H,12,13). The molecule has 1 heterocycles. The summed E-state index contributed by atoms with van der Waals surface area (Å²) in [7, 11) is 1.23. The Balaban J connectivity index is 3.52. The van der Waals surface area contributed by atoms with E-state index in [2.05, 4.69) is 14.9 Å². The maximum absolute atomic E-state index is 11.5. The molecule has 0 amide bonds. The Hall–Kier alpha value is -1.36. The number of aromatic nitrogens is 2. The molecule has 1 aromatic rings. The summed E-state index contributed by atoms with van der Waals surface area (Å²) in [4.78, 5) is 22.9. The van der Waals surface area contributed by atoms with Crippen LogP contribution in [0.5, 0.6) is 0 Å². The molecule has 82 valence electrons. The van der Waals surface area contributed by atoms with Crippen molar-refractivity contribution in [2.24, 2.45) is 0 Å². The van der Waals surface area contributed by atoms with Gasteiger partial charge in [-0.25, -0.2) is 9.89 Å². The van der Waals surface area contributed by atoms with Crippen molar-refractivity contribution in [2.45, 2.75) is 19.8 Å². The average molecular weight is 231 g/mol. The van der Waals surface area contributed by atoms with Gasteiger partial charge >= 0.3 is 5.97 Å². The minimum absolute atomic E-state index is 0.0397. The smallest absolute Gasteiger partial charge is 0.341 e. The van der Waals surface area contributed by atoms with Gasteiger partial charge in [0.1, 0.15) is 5.56 Å². The number of methoxy groups -OCH3 is 1. The first kappa shape index (κ1) is 11.7. The van der Waals surface area contributed by atoms with E-state index >= 15 is 0 Å². The monoisotopic (exact) mass is 230 g/mol. The number of H-pyrrole nitrogens is 1. The van der Waals surface area contributed by atoms with E-state index in [1.807, 2.05) is 0 Å². The molecule has 1 N–H and O–H groups in total. The first-order valence-corrected chi connectivity index (χ1v) is 4.73. The molecule has 1 aromatic heterocycles. The third-order valence-corrected chi connectivity index (χ3v) is 2.22. The fraction of sp³-hybridized carbons (Fsp3) is 0.444. The van der Waals surface area contributed by atoms with Crippen molar-refractivity contribution in [3.63, 3.8) is 0 Å². The fourth-order valence-electron chi connectivity index (χ4n) is 1.29. The van der Waals surface area contributed by atoms with Gasteiger partial charge in [0.05, 0.1) is 7.11 Å². The van der Waals surface area contributed by atoms with Gasteiger partial charge < -0.3 is 4.74 Å². The highest BCUT2D eigenvalue weighted by molar-refractivity contribution is 6.32. The maximum Gasteiger partial charge on any atom is 0.341 e. The predicted octanol–water partition coefficient (Wildman–Crippen LogP) is 1.33. The van der Waals surface area contributed by atoms with E-state index in [-0.39, 0.29) is 16.6 Å². The second-order valence-corrected chi connectivity index (χ2v) is 3.64. The second kappa shape index (κ2) is 4.44. The van der Waals surface area contributed by atoms with E-state index in [1.165, 1.54) is 7.11 Å². The second-order valence-electron chi connectivity index (χ2n) is 3.28. The molecular formula is C9H11ClN2O3. The van der Waals surface area contributed by atoms with Crippen LogP contribution in [0.3, 0.4) is 0 Å². The number of hydrogen-bond donors (Lipinski definition) is 1. The maximum atomic E-state index is 11.5. The van der Waals surface area contributed by atoms with E-state index in [0.717, 1.165) is 0 Å². The van der Waals surface area contributed by atoms with Gasteiger partial charge in [0.25, 0.3) is 5.56 Å². The summed E-state index contributed by atoms with van der Waals surface area (Å²) in [5, 5.41) is 5.69. The summed E-state index contributed by atoms with van der Waals surface area (Å²) < 4.78 is 4.55. The highest BCUT2D eigenvalue weighted by Gasteiger charge is 2.22. The van der Waals surface area contributed by atoms with Crippen molar-refractivity contribution in [2.75, 3.05) is 7.11 Å². The van der Waals surface area contributed by atoms with Gasteiger partial charge in [-0.05, 0) is 5.92 Å². The Kier molecular flexibility index (Phi) is 3.47. The van der Waals surface area contributed by atoms with Crippen LogP contribution < -0.4 is 5.56 Å². The first-order valence-electron chi connectivity index (χ1n) is 4.35. The zero-order valence-corrected chi connectivity index (χ0v) is 9.38. The van der Waals surface area contributed by atoms with E-state index in [1.54, 1.807) is 13.8 Å². The van der Waals surface area contributed by atoms with Crippen molar-refractivity contribution >= 4 is 17.6 Å². The molecule has 5 nitrogen and oxygen atoms in total. The van der Waals surface area contributed by atoms with Gasteiger partial charge in [-0.1, -0.05) is 25.4 Å². The van der Waals surface area contributed by atoms with Crippen molar-refractivity contribution in [1.29, 1.82) is 0 Å². The van der Waals surface area contributed by atoms with Crippen molar-refractivity contribution in [3.05, 3.63) is 26.6 Å². The number of hydrogen-bond acceptors (Lipinski definition) is 4. The zero-order valence-electron chi connectivity index (χ0n) is 8.63. The van der Waals surface area contributed by atoms with Crippen LogP contribution in [0.1, 0.15) is 35.7 Å². The minimum Gasteiger partial charge on any atom is -0.465 e. The Morgan fingerprint density at radius 1 is 1.53 bits per heavy atom. The van der Waals surface area contributed by atoms with E-state index in [9.17, 15) is 9.59 Å². The SMILES string of the molecule is COC(=O)c1c(Cl)n[nH]c(=O)c1C(C)C. The van der Waals surface area contributed by atoms with Gasteiger partial charge in [-0.3, -0.25) is 4.79 Å². The minimum atomic E-state index is -0.651. The normalized spacial score (nSPS) is 10.5. The molecule has 0 saturated heterocycles. The highest BCUT2D eigenvalue weighted by atomic mass is 35.5. The molecule has 0 aromatic carbocycles. The largest absolute Gasteiger partial charge is 0.465 e. The molecule has 0 saturated carbocycles. The number of halogens is 1. The fourth-order valence-corrected chi connectivity index (χ4v) is 1.51. The molecule has 0 aliphatic carbocycles. The summed E-state index contributed by atoms with van der Waals surface area (Å²) in [6, 6.07) is 0. The molecule has 0 fully saturated rings. The lowest BCUT2D eigenvalue weighted by Crippen LogP contribution is -2.22. The lowest BCUT2D eigenvalue weighted by molar-refractivity contribution is 0.0598. The van der Waals surface area contributed by atoms with Crippen LogP contribution in [0.2, 0.25) is 5.15 Å². The lowest BCUT2D eigenvalue weighted by atomic mass is 10.0. The van der Waals surface area contributed by atoms with Crippen LogP contribution in [-0.4, -0.2) is 23.3 Å². The molecule has 0 aliphatic rings. The Bertz CT molecular complexity index is 439. The Labute approximate surface area is 91.4 Å². The number of esters is 1. The number of ether oxygens (including phenoxy) is 1. The lowest BCUT2D eigenvalue weighted by Gasteiger charge is -2.09. The quantitative estimate of drug-likeness (QED) is 0.778. The van der Waals surface area contributed by atoms with Crippen molar-refractivity contribution in [3.8, 4) is 0 Å². The zero-order chi connectivity index (χ0) is 11.6. The predicted molar refractivity (Wildman–Crippen MR) is 55.3 cm³/mol. The molecule has 15 heavy (non-hydrogen) atoms. The van der Waals surface area contributed by atoms with E-state index in [4.69, 9.17) is 11.6 Å². The Morgan fingerprint density at radius 2 is 2.13 bits per heavy atom. The van der Waals surface area contributed by atoms with Gasteiger partial charge in [0, 0.05) is 5.56 Å². The summed E-state index contributed by atoms with van der Waals surface area (Å²) in [5.74, 6) is -0.786. The average Bonchev–Trinajstić information content (AvgIpc) is 2.19. The summed E-state index contributed by atoms with van der Waals surface area (Å²) in [6.07, 6.45) is 0. The van der Waals surface area contributed by atoms with Gasteiger partial charge in [-0.2, -0.15) is 5.10 Å². The molecular weight excluding hydrogens is 220 g/mol. The van der Waals surface area contributed by atoms with Crippen LogP contribution in [0.25, 0.3) is 0 Å². The summed E-state index contributed by atoms with van der Waals surface area (Å²) in [6.45, 7) is 3.57. The topological polar surface area (TPSA) is 72.0 Å². The third-order valence-electron chi connectivity index (χ3n) is 1.94. The molecule has 6 heteroatoms. The highest BCUT2D eigenvalue weighted by Crippen LogP contribution is 2.21. The molecule has 0 unspecified atom stereocenters. The van der Waals surface area contributed by atoms with Gasteiger partial charge in [-0.15, -0.1) is 0 Å². The molecule has 0 atom stereocenters. The number of nitrogens with one attached hydrogen (secondary N) is 1. The summed E-state index contributed by atoms with van der Waals surface area (Å²) in [5.41, 5.74) is -0.0884. The Morgan fingerprint density at radius 3 is 2.60 bits per heavy atom. The van der Waals surface area contributed by atoms with Gasteiger partial charge in [0.2, 0.25) is 0 Å². The molecule has 0 spiro atoms. The molecule has 0 bridgehead atoms. The first-order chi connectivity index (χ1) is 6.99. The molecule has 0 radical (unpaired) electrons. The van der Waals surface area contributed by atoms with Crippen LogP contribution in [0.4, 0.5) is 0 Å². The van der Waals surface area contributed by atoms with Crippen LogP contribution in [0, 0.1) is 0 Å². The molecule has 1 rings (SSSR count). The van der Waals surface area contributed by atoms with Crippen LogP contribution >= 0.6 is 11.6 Å². The van der Waals surface area contributed by atoms with E-state index in [0.29, 0.717) is 5.56 Å². The number of carbonyl (C=O) groups excluding carboxylic acids is 1. The van der Waals surface area contributed by atoms with E-state index < -0.39 is 11.5 Å². The number of rotatable bonds is 2. The molecule has 0 aliphatic heterocycles. The van der Waals surface area contributed by atoms with Crippen LogP contribution in [-0.2, 0) is 4.74 Å². The third kappa shape index (κ3) is 2.18. The van der Waals surface area contributed by atoms with Crippen molar-refractivity contribution in [1.82, 2.24) is 10.2 Å². The number of carbonyl (C=O) groups is 1.